The first kappa shape index (κ1) is 14.9. The maximum atomic E-state index is 12.4. The molecule has 0 spiro atoms. The molecule has 1 aliphatic heterocycles. The van der Waals surface area contributed by atoms with Crippen LogP contribution in [0.15, 0.2) is 28.8 Å². The zero-order chi connectivity index (χ0) is 15.7. The highest BCUT2D eigenvalue weighted by atomic mass is 19.4. The van der Waals surface area contributed by atoms with Gasteiger partial charge >= 0.3 is 12.1 Å². The van der Waals surface area contributed by atoms with E-state index in [1.165, 1.54) is 5.06 Å². The molecular weight excluding hydrogens is 303 g/mol. The van der Waals surface area contributed by atoms with Gasteiger partial charge in [-0.15, -0.1) is 0 Å². The second-order valence-electron chi connectivity index (χ2n) is 4.80. The lowest BCUT2D eigenvalue weighted by molar-refractivity contribution is -0.187. The highest BCUT2D eigenvalue weighted by molar-refractivity contribution is 5.54. The van der Waals surface area contributed by atoms with E-state index in [2.05, 4.69) is 14.7 Å². The molecule has 0 radical (unpaired) electrons. The third-order valence-corrected chi connectivity index (χ3v) is 3.18. The number of rotatable bonds is 3. The summed E-state index contributed by atoms with van der Waals surface area (Å²) in [6.07, 6.45) is -4.76. The minimum Gasteiger partial charge on any atom is -0.376 e. The number of hydrogen-bond acceptors (Lipinski definition) is 6. The van der Waals surface area contributed by atoms with E-state index < -0.39 is 18.3 Å². The van der Waals surface area contributed by atoms with Crippen LogP contribution in [0.2, 0.25) is 0 Å². The normalized spacial score (nSPS) is 19.7. The molecule has 1 N–H and O–H groups in total. The van der Waals surface area contributed by atoms with Crippen LogP contribution in [0.5, 0.6) is 0 Å². The van der Waals surface area contributed by atoms with E-state index in [0.29, 0.717) is 25.1 Å². The number of hydrogen-bond donors (Lipinski definition) is 1. The van der Waals surface area contributed by atoms with Crippen LogP contribution < -0.4 is 0 Å². The molecule has 9 heteroatoms. The fourth-order valence-electron chi connectivity index (χ4n) is 2.05. The van der Waals surface area contributed by atoms with Crippen LogP contribution in [0.4, 0.5) is 13.2 Å². The maximum Gasteiger partial charge on any atom is 0.471 e. The second kappa shape index (κ2) is 5.67. The Morgan fingerprint density at radius 1 is 1.27 bits per heavy atom. The van der Waals surface area contributed by atoms with Gasteiger partial charge in [0.15, 0.2) is 0 Å². The molecule has 1 saturated heterocycles. The lowest BCUT2D eigenvalue weighted by atomic mass is 10.1. The maximum absolute atomic E-state index is 12.4. The van der Waals surface area contributed by atoms with Gasteiger partial charge in [0.05, 0.1) is 13.2 Å². The molecule has 1 unspecified atom stereocenters. The van der Waals surface area contributed by atoms with E-state index in [-0.39, 0.29) is 5.82 Å². The van der Waals surface area contributed by atoms with Crippen LogP contribution in [-0.4, -0.2) is 33.1 Å². The average Bonchev–Trinajstić information content (AvgIpc) is 3.09. The number of alkyl halides is 3. The van der Waals surface area contributed by atoms with E-state index in [1.54, 1.807) is 24.3 Å². The average molecular weight is 315 g/mol. The summed E-state index contributed by atoms with van der Waals surface area (Å²) in [5.74, 6) is -1.50. The van der Waals surface area contributed by atoms with Crippen LogP contribution in [-0.2, 0) is 17.6 Å². The van der Waals surface area contributed by atoms with Gasteiger partial charge in [0.25, 0.3) is 0 Å². The first-order chi connectivity index (χ1) is 10.4. The van der Waals surface area contributed by atoms with Gasteiger partial charge in [-0.1, -0.05) is 29.4 Å². The minimum atomic E-state index is -4.66. The molecule has 1 aromatic carbocycles. The molecule has 2 heterocycles. The summed E-state index contributed by atoms with van der Waals surface area (Å²) in [5, 5.41) is 14.4. The van der Waals surface area contributed by atoms with Crippen molar-refractivity contribution in [2.75, 3.05) is 6.61 Å². The van der Waals surface area contributed by atoms with Gasteiger partial charge in [0, 0.05) is 12.0 Å². The Bertz CT molecular complexity index is 642. The standard InChI is InChI=1S/C13H12F3N3O3/c14-13(15,16)12-17-11(18-22-12)9-3-1-8(2-4-9)7-19-10(20)5-6-21-19/h1-4,10,20H,5-7H2. The van der Waals surface area contributed by atoms with Crippen molar-refractivity contribution in [1.82, 2.24) is 15.2 Å². The predicted molar refractivity (Wildman–Crippen MR) is 66.9 cm³/mol. The number of nitrogens with zero attached hydrogens (tertiary/aromatic N) is 3. The van der Waals surface area contributed by atoms with Gasteiger partial charge in [-0.05, 0) is 5.56 Å². The Labute approximate surface area is 123 Å². The van der Waals surface area contributed by atoms with Crippen molar-refractivity contribution in [2.24, 2.45) is 0 Å². The summed E-state index contributed by atoms with van der Waals surface area (Å²) < 4.78 is 41.4. The summed E-state index contributed by atoms with van der Waals surface area (Å²) in [7, 11) is 0. The van der Waals surface area contributed by atoms with Crippen molar-refractivity contribution in [1.29, 1.82) is 0 Å². The monoisotopic (exact) mass is 315 g/mol. The molecule has 0 saturated carbocycles. The van der Waals surface area contributed by atoms with Gasteiger partial charge in [0.2, 0.25) is 5.82 Å². The summed E-state index contributed by atoms with van der Waals surface area (Å²) in [5.41, 5.74) is 1.25. The second-order valence-corrected chi connectivity index (χ2v) is 4.80. The quantitative estimate of drug-likeness (QED) is 0.936. The lowest BCUT2D eigenvalue weighted by Crippen LogP contribution is -2.27. The summed E-state index contributed by atoms with van der Waals surface area (Å²) >= 11 is 0. The molecule has 22 heavy (non-hydrogen) atoms. The summed E-state index contributed by atoms with van der Waals surface area (Å²) in [6.45, 7) is 0.837. The van der Waals surface area contributed by atoms with Crippen molar-refractivity contribution >= 4 is 0 Å². The molecule has 6 nitrogen and oxygen atoms in total. The van der Waals surface area contributed by atoms with Crippen molar-refractivity contribution in [3.63, 3.8) is 0 Å². The van der Waals surface area contributed by atoms with Crippen LogP contribution in [0.3, 0.4) is 0 Å². The van der Waals surface area contributed by atoms with Gasteiger partial charge < -0.3 is 9.63 Å². The molecule has 1 aromatic heterocycles. The molecule has 0 bridgehead atoms. The van der Waals surface area contributed by atoms with Crippen molar-refractivity contribution < 1.29 is 27.6 Å². The number of benzene rings is 1. The Balaban J connectivity index is 1.72. The number of aliphatic hydroxyl groups excluding tert-OH is 1. The first-order valence-electron chi connectivity index (χ1n) is 6.51. The fourth-order valence-corrected chi connectivity index (χ4v) is 2.05. The van der Waals surface area contributed by atoms with Gasteiger partial charge in [-0.2, -0.15) is 23.2 Å². The van der Waals surface area contributed by atoms with Gasteiger partial charge in [-0.25, -0.2) is 0 Å². The van der Waals surface area contributed by atoms with Crippen molar-refractivity contribution in [3.8, 4) is 11.4 Å². The SMILES string of the molecule is OC1CCON1Cc1ccc(-c2noc(C(F)(F)F)n2)cc1. The van der Waals surface area contributed by atoms with Crippen molar-refractivity contribution in [3.05, 3.63) is 35.7 Å². The number of hydroxylamine groups is 2. The third kappa shape index (κ3) is 3.11. The lowest BCUT2D eigenvalue weighted by Gasteiger charge is -2.17. The topological polar surface area (TPSA) is 71.6 Å². The molecule has 2 aromatic rings. The highest BCUT2D eigenvalue weighted by Crippen LogP contribution is 2.29. The Morgan fingerprint density at radius 3 is 2.55 bits per heavy atom. The molecule has 1 atom stereocenters. The molecular formula is C13H12F3N3O3. The van der Waals surface area contributed by atoms with Crippen LogP contribution in [0.1, 0.15) is 17.9 Å². The van der Waals surface area contributed by atoms with Gasteiger partial charge in [-0.3, -0.25) is 4.84 Å². The smallest absolute Gasteiger partial charge is 0.376 e. The van der Waals surface area contributed by atoms with E-state index in [0.717, 1.165) is 5.56 Å². The summed E-state index contributed by atoms with van der Waals surface area (Å²) in [6, 6.07) is 6.58. The fraction of sp³-hybridized carbons (Fsp3) is 0.385. The van der Waals surface area contributed by atoms with E-state index in [4.69, 9.17) is 4.84 Å². The van der Waals surface area contributed by atoms with Crippen LogP contribution in [0, 0.1) is 0 Å². The number of aromatic nitrogens is 2. The zero-order valence-electron chi connectivity index (χ0n) is 11.2. The molecule has 118 valence electrons. The van der Waals surface area contributed by atoms with E-state index in [1.807, 2.05) is 0 Å². The molecule has 3 rings (SSSR count). The molecule has 1 aliphatic rings. The highest BCUT2D eigenvalue weighted by Gasteiger charge is 2.38. The van der Waals surface area contributed by atoms with Crippen molar-refractivity contribution in [2.45, 2.75) is 25.4 Å². The Kier molecular flexibility index (Phi) is 3.85. The largest absolute Gasteiger partial charge is 0.471 e. The molecule has 1 fully saturated rings. The Morgan fingerprint density at radius 2 is 2.00 bits per heavy atom. The number of halogens is 3. The van der Waals surface area contributed by atoms with E-state index >= 15 is 0 Å². The predicted octanol–water partition coefficient (Wildman–Crippen LogP) is 2.21. The molecule has 0 amide bonds. The first-order valence-corrected chi connectivity index (χ1v) is 6.51. The van der Waals surface area contributed by atoms with Gasteiger partial charge in [0.1, 0.15) is 6.23 Å². The van der Waals surface area contributed by atoms with E-state index in [9.17, 15) is 18.3 Å². The van der Waals surface area contributed by atoms with Crippen LogP contribution in [0.25, 0.3) is 11.4 Å². The Hall–Kier alpha value is -1.97. The molecule has 0 aliphatic carbocycles. The summed E-state index contributed by atoms with van der Waals surface area (Å²) in [4.78, 5) is 8.56. The number of aliphatic hydroxyl groups is 1. The minimum absolute atomic E-state index is 0.128. The zero-order valence-corrected chi connectivity index (χ0v) is 11.2. The van der Waals surface area contributed by atoms with Crippen LogP contribution >= 0.6 is 0 Å². The third-order valence-electron chi connectivity index (χ3n) is 3.18.